The number of unbranched alkanes of at least 4 members (excludes halogenated alkanes) is 4. The third-order valence-corrected chi connectivity index (χ3v) is 4.42. The highest BCUT2D eigenvalue weighted by Gasteiger charge is 2.22. The molecule has 1 heterocycles. The van der Waals surface area contributed by atoms with Gasteiger partial charge in [-0.25, -0.2) is 0 Å². The third-order valence-electron chi connectivity index (χ3n) is 4.20. The highest BCUT2D eigenvalue weighted by molar-refractivity contribution is 6.30. The first-order valence-corrected chi connectivity index (χ1v) is 8.82. The molecule has 0 radical (unpaired) electrons. The molecule has 0 aliphatic carbocycles. The Morgan fingerprint density at radius 3 is 2.76 bits per heavy atom. The smallest absolute Gasteiger partial charge is 0.127 e. The number of halogens is 1. The maximum absolute atomic E-state index is 6.29. The second kappa shape index (κ2) is 8.65. The molecule has 1 aliphatic rings. The Kier molecular flexibility index (Phi) is 6.85. The fourth-order valence-electron chi connectivity index (χ4n) is 3.12. The van der Waals surface area contributed by atoms with Crippen molar-refractivity contribution in [2.75, 3.05) is 13.2 Å². The fraction of sp³-hybridized carbons (Fsp3) is 0.667. The molecule has 1 aromatic rings. The molecule has 1 atom stereocenters. The van der Waals surface area contributed by atoms with Crippen LogP contribution in [0, 0.1) is 0 Å². The molecule has 2 nitrogen and oxygen atoms in total. The normalized spacial score (nSPS) is 14.8. The molecule has 118 valence electrons. The summed E-state index contributed by atoms with van der Waals surface area (Å²) in [7, 11) is 0. The Bertz CT molecular complexity index is 447. The number of benzene rings is 1. The largest absolute Gasteiger partial charge is 0.493 e. The van der Waals surface area contributed by atoms with Gasteiger partial charge in [0.1, 0.15) is 5.75 Å². The predicted octanol–water partition coefficient (Wildman–Crippen LogP) is 5.29. The molecule has 1 N–H and O–H groups in total. The molecule has 1 aromatic carbocycles. The molecule has 0 saturated carbocycles. The van der Waals surface area contributed by atoms with Crippen LogP contribution in [0.3, 0.4) is 0 Å². The van der Waals surface area contributed by atoms with Crippen molar-refractivity contribution < 1.29 is 4.74 Å². The van der Waals surface area contributed by atoms with Crippen molar-refractivity contribution in [3.8, 4) is 5.75 Å². The van der Waals surface area contributed by atoms with Crippen molar-refractivity contribution in [2.45, 2.75) is 64.8 Å². The molecule has 0 aromatic heterocycles. The lowest BCUT2D eigenvalue weighted by atomic mass is 9.96. The summed E-state index contributed by atoms with van der Waals surface area (Å²) in [5.74, 6) is 1.08. The minimum Gasteiger partial charge on any atom is -0.493 e. The van der Waals surface area contributed by atoms with Crippen LogP contribution in [0.2, 0.25) is 5.02 Å². The lowest BCUT2D eigenvalue weighted by Gasteiger charge is -2.21. The predicted molar refractivity (Wildman–Crippen MR) is 90.4 cm³/mol. The van der Waals surface area contributed by atoms with E-state index >= 15 is 0 Å². The van der Waals surface area contributed by atoms with Crippen molar-refractivity contribution in [1.82, 2.24) is 5.32 Å². The molecule has 1 unspecified atom stereocenters. The van der Waals surface area contributed by atoms with Crippen LogP contribution in [0.15, 0.2) is 12.1 Å². The zero-order valence-corrected chi connectivity index (χ0v) is 14.1. The Hall–Kier alpha value is -0.730. The number of nitrogens with one attached hydrogen (secondary N) is 1. The van der Waals surface area contributed by atoms with E-state index in [9.17, 15) is 0 Å². The summed E-state index contributed by atoms with van der Waals surface area (Å²) in [6, 6.07) is 4.50. The Morgan fingerprint density at radius 1 is 1.19 bits per heavy atom. The van der Waals surface area contributed by atoms with E-state index in [1.54, 1.807) is 0 Å². The monoisotopic (exact) mass is 309 g/mol. The van der Waals surface area contributed by atoms with E-state index in [1.165, 1.54) is 43.2 Å². The SMILES string of the molecule is CCCCCCCC(NCC)c1cc(Cl)cc2c1OCC2. The lowest BCUT2D eigenvalue weighted by molar-refractivity contribution is 0.346. The Morgan fingerprint density at radius 2 is 2.00 bits per heavy atom. The molecular weight excluding hydrogens is 282 g/mol. The minimum atomic E-state index is 0.363. The summed E-state index contributed by atoms with van der Waals surface area (Å²) in [5, 5.41) is 4.44. The molecule has 2 rings (SSSR count). The van der Waals surface area contributed by atoms with Crippen LogP contribution in [0.25, 0.3) is 0 Å². The summed E-state index contributed by atoms with van der Waals surface area (Å²) in [6.07, 6.45) is 8.72. The molecule has 0 amide bonds. The maximum Gasteiger partial charge on any atom is 0.127 e. The number of ether oxygens (including phenoxy) is 1. The van der Waals surface area contributed by atoms with Crippen LogP contribution in [0.5, 0.6) is 5.75 Å². The third kappa shape index (κ3) is 4.62. The zero-order valence-electron chi connectivity index (χ0n) is 13.4. The van der Waals surface area contributed by atoms with E-state index in [1.807, 2.05) is 0 Å². The van der Waals surface area contributed by atoms with Crippen LogP contribution in [-0.2, 0) is 6.42 Å². The van der Waals surface area contributed by atoms with Gasteiger partial charge in [0.25, 0.3) is 0 Å². The standard InChI is InChI=1S/C18H28ClNO/c1-3-5-6-7-8-9-17(20-4-2)16-13-15(19)12-14-10-11-21-18(14)16/h12-13,17,20H,3-11H2,1-2H3. The maximum atomic E-state index is 6.29. The van der Waals surface area contributed by atoms with Crippen molar-refractivity contribution in [3.63, 3.8) is 0 Å². The molecule has 3 heteroatoms. The molecule has 21 heavy (non-hydrogen) atoms. The zero-order chi connectivity index (χ0) is 15.1. The second-order valence-electron chi connectivity index (χ2n) is 5.89. The van der Waals surface area contributed by atoms with Gasteiger partial charge in [-0.3, -0.25) is 0 Å². The van der Waals surface area contributed by atoms with Crippen molar-refractivity contribution in [1.29, 1.82) is 0 Å². The van der Waals surface area contributed by atoms with Gasteiger partial charge in [0.2, 0.25) is 0 Å². The Balaban J connectivity index is 2.04. The van der Waals surface area contributed by atoms with Crippen molar-refractivity contribution >= 4 is 11.6 Å². The van der Waals surface area contributed by atoms with Gasteiger partial charge in [0.15, 0.2) is 0 Å². The average Bonchev–Trinajstić information content (AvgIpc) is 2.93. The van der Waals surface area contributed by atoms with Crippen LogP contribution in [-0.4, -0.2) is 13.2 Å². The summed E-state index contributed by atoms with van der Waals surface area (Å²) in [5.41, 5.74) is 2.53. The van der Waals surface area contributed by atoms with Gasteiger partial charge in [-0.05, 0) is 30.7 Å². The van der Waals surface area contributed by atoms with Crippen LogP contribution in [0.4, 0.5) is 0 Å². The molecular formula is C18H28ClNO. The van der Waals surface area contributed by atoms with Gasteiger partial charge in [-0.15, -0.1) is 0 Å². The van der Waals surface area contributed by atoms with Crippen LogP contribution < -0.4 is 10.1 Å². The number of hydrogen-bond acceptors (Lipinski definition) is 2. The average molecular weight is 310 g/mol. The van der Waals surface area contributed by atoms with Crippen molar-refractivity contribution in [3.05, 3.63) is 28.3 Å². The van der Waals surface area contributed by atoms with E-state index in [-0.39, 0.29) is 0 Å². The van der Waals surface area contributed by atoms with Gasteiger partial charge < -0.3 is 10.1 Å². The van der Waals surface area contributed by atoms with Gasteiger partial charge in [-0.2, -0.15) is 0 Å². The van der Waals surface area contributed by atoms with Gasteiger partial charge in [0.05, 0.1) is 6.61 Å². The van der Waals surface area contributed by atoms with Gasteiger partial charge >= 0.3 is 0 Å². The van der Waals surface area contributed by atoms with E-state index in [4.69, 9.17) is 16.3 Å². The van der Waals surface area contributed by atoms with Crippen molar-refractivity contribution in [2.24, 2.45) is 0 Å². The highest BCUT2D eigenvalue weighted by atomic mass is 35.5. The van der Waals surface area contributed by atoms with Gasteiger partial charge in [-0.1, -0.05) is 57.6 Å². The van der Waals surface area contributed by atoms with E-state index in [0.717, 1.165) is 36.8 Å². The molecule has 0 spiro atoms. The summed E-state index contributed by atoms with van der Waals surface area (Å²) >= 11 is 6.29. The highest BCUT2D eigenvalue weighted by Crippen LogP contribution is 2.38. The fourth-order valence-corrected chi connectivity index (χ4v) is 3.37. The van der Waals surface area contributed by atoms with Crippen LogP contribution >= 0.6 is 11.6 Å². The van der Waals surface area contributed by atoms with E-state index in [2.05, 4.69) is 31.3 Å². The van der Waals surface area contributed by atoms with Gasteiger partial charge in [0, 0.05) is 23.0 Å². The number of rotatable bonds is 9. The summed E-state index contributed by atoms with van der Waals surface area (Å²) in [6.45, 7) is 6.18. The molecule has 0 fully saturated rings. The quantitative estimate of drug-likeness (QED) is 0.626. The molecule has 1 aliphatic heterocycles. The lowest BCUT2D eigenvalue weighted by Crippen LogP contribution is -2.21. The van der Waals surface area contributed by atoms with E-state index in [0.29, 0.717) is 6.04 Å². The molecule has 0 saturated heterocycles. The minimum absolute atomic E-state index is 0.363. The first kappa shape index (κ1) is 16.6. The first-order valence-electron chi connectivity index (χ1n) is 8.44. The first-order chi connectivity index (χ1) is 10.3. The summed E-state index contributed by atoms with van der Waals surface area (Å²) < 4.78 is 5.86. The van der Waals surface area contributed by atoms with Crippen LogP contribution in [0.1, 0.15) is 69.5 Å². The topological polar surface area (TPSA) is 21.3 Å². The molecule has 0 bridgehead atoms. The number of hydrogen-bond donors (Lipinski definition) is 1. The second-order valence-corrected chi connectivity index (χ2v) is 6.33. The van der Waals surface area contributed by atoms with E-state index < -0.39 is 0 Å². The summed E-state index contributed by atoms with van der Waals surface area (Å²) in [4.78, 5) is 0. The number of fused-ring (bicyclic) bond motifs is 1. The Labute approximate surface area is 134 Å².